The first-order valence-electron chi connectivity index (χ1n) is 6.09. The summed E-state index contributed by atoms with van der Waals surface area (Å²) < 4.78 is 0.777. The summed E-state index contributed by atoms with van der Waals surface area (Å²) >= 11 is 7.56. The van der Waals surface area contributed by atoms with Gasteiger partial charge < -0.3 is 11.1 Å². The smallest absolute Gasteiger partial charge is 0.221 e. The van der Waals surface area contributed by atoms with Crippen molar-refractivity contribution in [1.29, 1.82) is 0 Å². The lowest BCUT2D eigenvalue weighted by Gasteiger charge is -2.32. The summed E-state index contributed by atoms with van der Waals surface area (Å²) in [5, 5.41) is 2.88. The van der Waals surface area contributed by atoms with Gasteiger partial charge in [-0.1, -0.05) is 11.6 Å². The Labute approximate surface area is 116 Å². The fraction of sp³-hybridized carbons (Fsp3) is 0.583. The van der Waals surface area contributed by atoms with E-state index in [-0.39, 0.29) is 18.0 Å². The van der Waals surface area contributed by atoms with Crippen LogP contribution in [-0.4, -0.2) is 36.5 Å². The van der Waals surface area contributed by atoms with Crippen molar-refractivity contribution in [3.05, 3.63) is 21.3 Å². The van der Waals surface area contributed by atoms with Gasteiger partial charge in [0.15, 0.2) is 0 Å². The zero-order valence-electron chi connectivity index (χ0n) is 10.4. The second-order valence-electron chi connectivity index (χ2n) is 4.58. The van der Waals surface area contributed by atoms with Crippen LogP contribution >= 0.6 is 22.9 Å². The van der Waals surface area contributed by atoms with Crippen LogP contribution in [0.5, 0.6) is 0 Å². The monoisotopic (exact) mass is 287 g/mol. The van der Waals surface area contributed by atoms with E-state index < -0.39 is 0 Å². The maximum atomic E-state index is 11.4. The summed E-state index contributed by atoms with van der Waals surface area (Å²) in [6, 6.07) is 4.07. The molecule has 1 aromatic rings. The van der Waals surface area contributed by atoms with Gasteiger partial charge in [0.05, 0.1) is 10.4 Å². The molecule has 1 amide bonds. The SMILES string of the molecule is CC(N)C(c1ccc(Cl)s1)N1CCNC(=O)CC1. The average molecular weight is 288 g/mol. The third kappa shape index (κ3) is 3.23. The van der Waals surface area contributed by atoms with Gasteiger partial charge in [-0.2, -0.15) is 0 Å². The van der Waals surface area contributed by atoms with Crippen LogP contribution in [0.3, 0.4) is 0 Å². The van der Waals surface area contributed by atoms with E-state index in [1.807, 2.05) is 19.1 Å². The van der Waals surface area contributed by atoms with Crippen LogP contribution in [0.15, 0.2) is 12.1 Å². The Morgan fingerprint density at radius 3 is 2.89 bits per heavy atom. The number of nitrogens with one attached hydrogen (secondary N) is 1. The lowest BCUT2D eigenvalue weighted by Crippen LogP contribution is -2.40. The number of carbonyl (C=O) groups is 1. The minimum atomic E-state index is 0.00733. The Hall–Kier alpha value is -0.620. The predicted molar refractivity (Wildman–Crippen MR) is 74.9 cm³/mol. The molecule has 4 nitrogen and oxygen atoms in total. The summed E-state index contributed by atoms with van der Waals surface area (Å²) in [5.41, 5.74) is 6.11. The Morgan fingerprint density at radius 1 is 1.50 bits per heavy atom. The van der Waals surface area contributed by atoms with Crippen molar-refractivity contribution in [2.24, 2.45) is 5.73 Å². The molecule has 2 atom stereocenters. The number of rotatable bonds is 3. The number of nitrogens with two attached hydrogens (primary N) is 1. The molecule has 0 bridgehead atoms. The van der Waals surface area contributed by atoms with Gasteiger partial charge >= 0.3 is 0 Å². The largest absolute Gasteiger partial charge is 0.355 e. The quantitative estimate of drug-likeness (QED) is 0.888. The molecule has 2 rings (SSSR count). The van der Waals surface area contributed by atoms with Crippen LogP contribution in [0.1, 0.15) is 24.3 Å². The molecule has 1 aliphatic rings. The van der Waals surface area contributed by atoms with Crippen molar-refractivity contribution in [3.8, 4) is 0 Å². The first-order valence-corrected chi connectivity index (χ1v) is 7.29. The standard InChI is InChI=1S/C12H18ClN3OS/c1-8(14)12(9-2-3-10(13)18-9)16-6-4-11(17)15-5-7-16/h2-3,8,12H,4-7,14H2,1H3,(H,15,17). The molecule has 3 N–H and O–H groups in total. The zero-order chi connectivity index (χ0) is 13.1. The molecule has 1 aromatic heterocycles. The van der Waals surface area contributed by atoms with Crippen molar-refractivity contribution >= 4 is 28.8 Å². The second-order valence-corrected chi connectivity index (χ2v) is 6.33. The van der Waals surface area contributed by atoms with E-state index in [4.69, 9.17) is 17.3 Å². The van der Waals surface area contributed by atoms with Crippen LogP contribution in [-0.2, 0) is 4.79 Å². The van der Waals surface area contributed by atoms with Gasteiger partial charge in [-0.3, -0.25) is 9.69 Å². The molecular weight excluding hydrogens is 270 g/mol. The van der Waals surface area contributed by atoms with Gasteiger partial charge in [-0.25, -0.2) is 0 Å². The fourth-order valence-corrected chi connectivity index (χ4v) is 3.63. The van der Waals surface area contributed by atoms with Gasteiger partial charge in [-0.15, -0.1) is 11.3 Å². The van der Waals surface area contributed by atoms with Gasteiger partial charge in [0.2, 0.25) is 5.91 Å². The molecule has 18 heavy (non-hydrogen) atoms. The van der Waals surface area contributed by atoms with Gasteiger partial charge in [0.25, 0.3) is 0 Å². The highest BCUT2D eigenvalue weighted by atomic mass is 35.5. The first kappa shape index (κ1) is 13.8. The molecule has 1 saturated heterocycles. The van der Waals surface area contributed by atoms with Gasteiger partial charge in [0, 0.05) is 37.0 Å². The Bertz CT molecular complexity index is 421. The summed E-state index contributed by atoms with van der Waals surface area (Å²) in [7, 11) is 0. The molecule has 1 fully saturated rings. The molecule has 6 heteroatoms. The highest BCUT2D eigenvalue weighted by Gasteiger charge is 2.27. The van der Waals surface area contributed by atoms with Crippen molar-refractivity contribution < 1.29 is 4.79 Å². The molecule has 0 aromatic carbocycles. The van der Waals surface area contributed by atoms with Crippen LogP contribution < -0.4 is 11.1 Å². The molecular formula is C12H18ClN3OS. The van der Waals surface area contributed by atoms with Crippen molar-refractivity contribution in [2.45, 2.75) is 25.4 Å². The highest BCUT2D eigenvalue weighted by Crippen LogP contribution is 2.32. The first-order chi connectivity index (χ1) is 8.58. The van der Waals surface area contributed by atoms with E-state index in [0.717, 1.165) is 17.4 Å². The lowest BCUT2D eigenvalue weighted by molar-refractivity contribution is -0.120. The topological polar surface area (TPSA) is 58.4 Å². The molecule has 1 aliphatic heterocycles. The molecule has 0 aliphatic carbocycles. The number of amides is 1. The van der Waals surface area contributed by atoms with Crippen LogP contribution in [0.2, 0.25) is 4.34 Å². The molecule has 0 radical (unpaired) electrons. The number of hydrogen-bond donors (Lipinski definition) is 2. The molecule has 100 valence electrons. The molecule has 0 spiro atoms. The molecule has 0 saturated carbocycles. The van der Waals surface area contributed by atoms with Crippen molar-refractivity contribution in [2.75, 3.05) is 19.6 Å². The summed E-state index contributed by atoms with van der Waals surface area (Å²) in [4.78, 5) is 14.8. The maximum Gasteiger partial charge on any atom is 0.221 e. The summed E-state index contributed by atoms with van der Waals surface area (Å²) in [6.07, 6.45) is 0.530. The van der Waals surface area contributed by atoms with Crippen LogP contribution in [0.4, 0.5) is 0 Å². The van der Waals surface area contributed by atoms with Gasteiger partial charge in [0.1, 0.15) is 0 Å². The summed E-state index contributed by atoms with van der Waals surface area (Å²) in [5.74, 6) is 0.116. The minimum Gasteiger partial charge on any atom is -0.355 e. The Balaban J connectivity index is 2.17. The highest BCUT2D eigenvalue weighted by molar-refractivity contribution is 7.16. The van der Waals surface area contributed by atoms with E-state index >= 15 is 0 Å². The number of thiophene rings is 1. The number of halogens is 1. The molecule has 2 unspecified atom stereocenters. The third-order valence-electron chi connectivity index (χ3n) is 3.12. The molecule has 2 heterocycles. The second kappa shape index (κ2) is 6.02. The zero-order valence-corrected chi connectivity index (χ0v) is 11.9. The van der Waals surface area contributed by atoms with E-state index in [9.17, 15) is 4.79 Å². The van der Waals surface area contributed by atoms with E-state index in [1.54, 1.807) is 11.3 Å². The minimum absolute atomic E-state index is 0.00733. The average Bonchev–Trinajstić information content (AvgIpc) is 2.60. The normalized spacial score (nSPS) is 21.2. The van der Waals surface area contributed by atoms with E-state index in [2.05, 4.69) is 10.2 Å². The van der Waals surface area contributed by atoms with E-state index in [1.165, 1.54) is 4.88 Å². The lowest BCUT2D eigenvalue weighted by atomic mass is 10.1. The van der Waals surface area contributed by atoms with Gasteiger partial charge in [-0.05, 0) is 19.1 Å². The van der Waals surface area contributed by atoms with E-state index in [0.29, 0.717) is 13.0 Å². The van der Waals surface area contributed by atoms with Crippen LogP contribution in [0.25, 0.3) is 0 Å². The fourth-order valence-electron chi connectivity index (χ4n) is 2.32. The number of hydrogen-bond acceptors (Lipinski definition) is 4. The predicted octanol–water partition coefficient (Wildman–Crippen LogP) is 1.61. The van der Waals surface area contributed by atoms with Crippen LogP contribution in [0, 0.1) is 0 Å². The third-order valence-corrected chi connectivity index (χ3v) is 4.43. The number of carbonyl (C=O) groups excluding carboxylic acids is 1. The summed E-state index contributed by atoms with van der Waals surface area (Å²) in [6.45, 7) is 4.25. The number of nitrogens with zero attached hydrogens (tertiary/aromatic N) is 1. The Morgan fingerprint density at radius 2 is 2.28 bits per heavy atom. The van der Waals surface area contributed by atoms with Crippen molar-refractivity contribution in [1.82, 2.24) is 10.2 Å². The maximum absolute atomic E-state index is 11.4. The Kier molecular flexibility index (Phi) is 4.61. The van der Waals surface area contributed by atoms with Crippen molar-refractivity contribution in [3.63, 3.8) is 0 Å².